The van der Waals surface area contributed by atoms with Gasteiger partial charge in [-0.25, -0.2) is 4.39 Å². The zero-order valence-corrected chi connectivity index (χ0v) is 11.3. The van der Waals surface area contributed by atoms with Crippen LogP contribution in [0.5, 0.6) is 0 Å². The van der Waals surface area contributed by atoms with E-state index in [2.05, 4.69) is 4.98 Å². The van der Waals surface area contributed by atoms with Gasteiger partial charge < -0.3 is 9.64 Å². The summed E-state index contributed by atoms with van der Waals surface area (Å²) in [5.41, 5.74) is 0.203. The number of likely N-dealkylation sites (tertiary alicyclic amines) is 1. The molecule has 0 aromatic carbocycles. The summed E-state index contributed by atoms with van der Waals surface area (Å²) in [4.78, 5) is 29.2. The van der Waals surface area contributed by atoms with Crippen molar-refractivity contribution >= 4 is 11.9 Å². The van der Waals surface area contributed by atoms with Crippen LogP contribution < -0.4 is 0 Å². The van der Waals surface area contributed by atoms with Crippen LogP contribution in [0.4, 0.5) is 4.39 Å². The van der Waals surface area contributed by atoms with Crippen molar-refractivity contribution in [3.05, 3.63) is 29.8 Å². The number of esters is 1. The number of amides is 1. The molecule has 2 heterocycles. The number of ether oxygens (including phenoxy) is 1. The molecule has 108 valence electrons. The van der Waals surface area contributed by atoms with Crippen LogP contribution in [-0.4, -0.2) is 41.5 Å². The number of rotatable bonds is 3. The van der Waals surface area contributed by atoms with E-state index in [1.165, 1.54) is 6.20 Å². The normalized spacial score (nSPS) is 18.7. The fourth-order valence-corrected chi connectivity index (χ4v) is 2.33. The van der Waals surface area contributed by atoms with E-state index in [4.69, 9.17) is 4.74 Å². The maximum atomic E-state index is 13.1. The minimum absolute atomic E-state index is 0.203. The van der Waals surface area contributed by atoms with Gasteiger partial charge in [-0.1, -0.05) is 0 Å². The summed E-state index contributed by atoms with van der Waals surface area (Å²) in [6.07, 6.45) is 3.83. The maximum absolute atomic E-state index is 13.1. The van der Waals surface area contributed by atoms with E-state index >= 15 is 0 Å². The summed E-state index contributed by atoms with van der Waals surface area (Å²) in [6.45, 7) is 2.96. The van der Waals surface area contributed by atoms with Crippen molar-refractivity contribution in [2.45, 2.75) is 19.8 Å². The number of aromatic nitrogens is 1. The van der Waals surface area contributed by atoms with Gasteiger partial charge in [0.2, 0.25) is 0 Å². The molecule has 2 rings (SSSR count). The molecule has 20 heavy (non-hydrogen) atoms. The number of halogens is 1. The number of pyridine rings is 1. The molecular weight excluding hydrogens is 263 g/mol. The van der Waals surface area contributed by atoms with E-state index in [-0.39, 0.29) is 23.4 Å². The van der Waals surface area contributed by atoms with Gasteiger partial charge in [0.1, 0.15) is 5.82 Å². The summed E-state index contributed by atoms with van der Waals surface area (Å²) in [5, 5.41) is 0. The number of hydrogen-bond acceptors (Lipinski definition) is 4. The SMILES string of the molecule is CCOC(=O)[C@@H]1CCCN(C(=O)c2cncc(F)c2)C1. The molecular formula is C14H17FN2O3. The summed E-state index contributed by atoms with van der Waals surface area (Å²) in [5.74, 6) is -1.42. The van der Waals surface area contributed by atoms with Gasteiger partial charge in [0.15, 0.2) is 0 Å². The first-order chi connectivity index (χ1) is 9.61. The van der Waals surface area contributed by atoms with E-state index < -0.39 is 5.82 Å². The highest BCUT2D eigenvalue weighted by molar-refractivity contribution is 5.94. The second-order valence-electron chi connectivity index (χ2n) is 4.73. The average molecular weight is 280 g/mol. The fourth-order valence-electron chi connectivity index (χ4n) is 2.33. The minimum atomic E-state index is -0.546. The van der Waals surface area contributed by atoms with Gasteiger partial charge in [-0.3, -0.25) is 14.6 Å². The van der Waals surface area contributed by atoms with Gasteiger partial charge in [0, 0.05) is 19.3 Å². The lowest BCUT2D eigenvalue weighted by Crippen LogP contribution is -2.42. The number of carbonyl (C=O) groups excluding carboxylic acids is 2. The fraction of sp³-hybridized carbons (Fsp3) is 0.500. The number of nitrogens with zero attached hydrogens (tertiary/aromatic N) is 2. The van der Waals surface area contributed by atoms with Crippen molar-refractivity contribution in [2.75, 3.05) is 19.7 Å². The molecule has 1 aliphatic heterocycles. The highest BCUT2D eigenvalue weighted by Crippen LogP contribution is 2.20. The third kappa shape index (κ3) is 3.31. The van der Waals surface area contributed by atoms with Crippen LogP contribution in [0.25, 0.3) is 0 Å². The average Bonchev–Trinajstić information content (AvgIpc) is 2.47. The third-order valence-electron chi connectivity index (χ3n) is 3.28. The van der Waals surface area contributed by atoms with Crippen molar-refractivity contribution in [3.63, 3.8) is 0 Å². The van der Waals surface area contributed by atoms with Crippen LogP contribution in [0, 0.1) is 11.7 Å². The molecule has 1 atom stereocenters. The number of carbonyl (C=O) groups is 2. The summed E-state index contributed by atoms with van der Waals surface area (Å²) in [7, 11) is 0. The van der Waals surface area contributed by atoms with E-state index in [1.807, 2.05) is 0 Å². The van der Waals surface area contributed by atoms with E-state index in [0.29, 0.717) is 26.1 Å². The van der Waals surface area contributed by atoms with Crippen LogP contribution in [0.1, 0.15) is 30.1 Å². The molecule has 0 unspecified atom stereocenters. The Hall–Kier alpha value is -1.98. The molecule has 1 aromatic rings. The Labute approximate surface area is 116 Å². The first-order valence-electron chi connectivity index (χ1n) is 6.68. The Morgan fingerprint density at radius 1 is 1.50 bits per heavy atom. The molecule has 1 fully saturated rings. The first-order valence-corrected chi connectivity index (χ1v) is 6.68. The molecule has 1 aliphatic rings. The molecule has 1 amide bonds. The molecule has 0 radical (unpaired) electrons. The second-order valence-corrected chi connectivity index (χ2v) is 4.73. The molecule has 0 N–H and O–H groups in total. The first kappa shape index (κ1) is 14.4. The Morgan fingerprint density at radius 3 is 3.00 bits per heavy atom. The largest absolute Gasteiger partial charge is 0.466 e. The second kappa shape index (κ2) is 6.45. The number of hydrogen-bond donors (Lipinski definition) is 0. The summed E-state index contributed by atoms with van der Waals surface area (Å²) in [6, 6.07) is 1.16. The van der Waals surface area contributed by atoms with E-state index in [9.17, 15) is 14.0 Å². The lowest BCUT2D eigenvalue weighted by Gasteiger charge is -2.31. The van der Waals surface area contributed by atoms with Crippen molar-refractivity contribution in [2.24, 2.45) is 5.92 Å². The van der Waals surface area contributed by atoms with Crippen molar-refractivity contribution < 1.29 is 18.7 Å². The van der Waals surface area contributed by atoms with Gasteiger partial charge >= 0.3 is 5.97 Å². The van der Waals surface area contributed by atoms with Crippen LogP contribution in [0.2, 0.25) is 0 Å². The smallest absolute Gasteiger partial charge is 0.310 e. The van der Waals surface area contributed by atoms with Crippen molar-refractivity contribution in [1.82, 2.24) is 9.88 Å². The number of piperidine rings is 1. The molecule has 0 spiro atoms. The molecule has 6 heteroatoms. The highest BCUT2D eigenvalue weighted by atomic mass is 19.1. The monoisotopic (exact) mass is 280 g/mol. The van der Waals surface area contributed by atoms with Gasteiger partial charge in [-0.05, 0) is 25.8 Å². The predicted octanol–water partition coefficient (Wildman–Crippen LogP) is 1.64. The maximum Gasteiger partial charge on any atom is 0.310 e. The Kier molecular flexibility index (Phi) is 4.65. The van der Waals surface area contributed by atoms with Gasteiger partial charge in [-0.15, -0.1) is 0 Å². The minimum Gasteiger partial charge on any atom is -0.466 e. The lowest BCUT2D eigenvalue weighted by molar-refractivity contribution is -0.149. The third-order valence-corrected chi connectivity index (χ3v) is 3.28. The molecule has 0 saturated carbocycles. The quantitative estimate of drug-likeness (QED) is 0.790. The van der Waals surface area contributed by atoms with Crippen molar-refractivity contribution in [1.29, 1.82) is 0 Å². The molecule has 1 saturated heterocycles. The molecule has 1 aromatic heterocycles. The summed E-state index contributed by atoms with van der Waals surface area (Å²) >= 11 is 0. The molecule has 5 nitrogen and oxygen atoms in total. The zero-order chi connectivity index (χ0) is 14.5. The van der Waals surface area contributed by atoms with Crippen LogP contribution in [0.3, 0.4) is 0 Å². The highest BCUT2D eigenvalue weighted by Gasteiger charge is 2.29. The van der Waals surface area contributed by atoms with Crippen molar-refractivity contribution in [3.8, 4) is 0 Å². The Morgan fingerprint density at radius 2 is 2.30 bits per heavy atom. The standard InChI is InChI=1S/C14H17FN2O3/c1-2-20-14(19)10-4-3-5-17(9-10)13(18)11-6-12(15)8-16-7-11/h6-8,10H,2-5,9H2,1H3/t10-/m1/s1. The lowest BCUT2D eigenvalue weighted by atomic mass is 9.97. The Balaban J connectivity index is 2.05. The zero-order valence-electron chi connectivity index (χ0n) is 11.3. The van der Waals surface area contributed by atoms with Crippen LogP contribution in [-0.2, 0) is 9.53 Å². The van der Waals surface area contributed by atoms with Gasteiger partial charge in [0.05, 0.1) is 24.3 Å². The van der Waals surface area contributed by atoms with Crippen LogP contribution in [0.15, 0.2) is 18.5 Å². The Bertz CT molecular complexity index is 507. The van der Waals surface area contributed by atoms with Gasteiger partial charge in [0.25, 0.3) is 5.91 Å². The summed E-state index contributed by atoms with van der Waals surface area (Å²) < 4.78 is 18.1. The predicted molar refractivity (Wildman–Crippen MR) is 69.5 cm³/mol. The van der Waals surface area contributed by atoms with E-state index in [1.54, 1.807) is 11.8 Å². The van der Waals surface area contributed by atoms with Crippen LogP contribution >= 0.6 is 0 Å². The van der Waals surface area contributed by atoms with Gasteiger partial charge in [-0.2, -0.15) is 0 Å². The molecule has 0 aliphatic carbocycles. The van der Waals surface area contributed by atoms with E-state index in [0.717, 1.165) is 18.7 Å². The molecule has 0 bridgehead atoms. The topological polar surface area (TPSA) is 59.5 Å².